The molecule has 1 amide bonds. The van der Waals surface area contributed by atoms with Gasteiger partial charge in [-0.15, -0.1) is 0 Å². The van der Waals surface area contributed by atoms with Crippen molar-refractivity contribution in [3.05, 3.63) is 27.7 Å². The Morgan fingerprint density at radius 1 is 1.47 bits per heavy atom. The van der Waals surface area contributed by atoms with Crippen LogP contribution in [0.1, 0.15) is 6.92 Å². The number of carbonyl (C=O) groups excluding carboxylic acids is 1. The summed E-state index contributed by atoms with van der Waals surface area (Å²) in [5, 5.41) is 0.417. The fourth-order valence-corrected chi connectivity index (χ4v) is 2.84. The number of amides is 1. The summed E-state index contributed by atoms with van der Waals surface area (Å²) in [6.45, 7) is 2.06. The number of carbonyl (C=O) groups is 1. The number of likely N-dealkylation sites (N-methyl/N-ethyl adjacent to an activating group) is 1. The van der Waals surface area contributed by atoms with Gasteiger partial charge in [-0.2, -0.15) is 0 Å². The number of sulfonamides is 1. The van der Waals surface area contributed by atoms with E-state index < -0.39 is 10.0 Å². The van der Waals surface area contributed by atoms with Gasteiger partial charge in [0.1, 0.15) is 0 Å². The molecule has 8 heteroatoms. The van der Waals surface area contributed by atoms with Gasteiger partial charge in [-0.25, -0.2) is 13.1 Å². The van der Waals surface area contributed by atoms with Gasteiger partial charge in [0.15, 0.2) is 0 Å². The van der Waals surface area contributed by atoms with Crippen LogP contribution >= 0.6 is 27.5 Å². The van der Waals surface area contributed by atoms with Gasteiger partial charge in [0.25, 0.3) is 0 Å². The minimum Gasteiger partial charge on any atom is -0.345 e. The molecule has 106 valence electrons. The van der Waals surface area contributed by atoms with Gasteiger partial charge >= 0.3 is 0 Å². The lowest BCUT2D eigenvalue weighted by atomic mass is 10.4. The van der Waals surface area contributed by atoms with E-state index in [2.05, 4.69) is 20.7 Å². The van der Waals surface area contributed by atoms with Crippen molar-refractivity contribution >= 4 is 43.5 Å². The minimum atomic E-state index is -3.72. The Labute approximate surface area is 126 Å². The summed E-state index contributed by atoms with van der Waals surface area (Å²) in [6.07, 6.45) is 0. The fraction of sp³-hybridized carbons (Fsp3) is 0.364. The molecule has 19 heavy (non-hydrogen) atoms. The first-order chi connectivity index (χ1) is 8.77. The van der Waals surface area contributed by atoms with Crippen LogP contribution in [-0.2, 0) is 14.8 Å². The highest BCUT2D eigenvalue weighted by Gasteiger charge is 2.17. The topological polar surface area (TPSA) is 66.5 Å². The number of halogens is 2. The lowest BCUT2D eigenvalue weighted by Gasteiger charge is -2.15. The highest BCUT2D eigenvalue weighted by atomic mass is 79.9. The van der Waals surface area contributed by atoms with Gasteiger partial charge in [-0.1, -0.05) is 11.6 Å². The van der Waals surface area contributed by atoms with Crippen molar-refractivity contribution in [2.75, 3.05) is 20.1 Å². The van der Waals surface area contributed by atoms with Crippen LogP contribution in [-0.4, -0.2) is 39.4 Å². The molecule has 0 saturated heterocycles. The van der Waals surface area contributed by atoms with E-state index in [1.165, 1.54) is 23.1 Å². The molecule has 0 heterocycles. The van der Waals surface area contributed by atoms with Crippen molar-refractivity contribution in [2.24, 2.45) is 0 Å². The molecule has 1 rings (SSSR count). The number of rotatable bonds is 5. The maximum absolute atomic E-state index is 12.0. The summed E-state index contributed by atoms with van der Waals surface area (Å²) >= 11 is 8.95. The van der Waals surface area contributed by atoms with E-state index in [0.717, 1.165) is 0 Å². The van der Waals surface area contributed by atoms with Gasteiger partial charge in [-0.3, -0.25) is 4.79 Å². The Kier molecular flexibility index (Phi) is 5.79. The molecule has 0 radical (unpaired) electrons. The minimum absolute atomic E-state index is 0.0516. The van der Waals surface area contributed by atoms with Crippen LogP contribution in [0.25, 0.3) is 0 Å². The van der Waals surface area contributed by atoms with Crippen LogP contribution in [0.5, 0.6) is 0 Å². The molecule has 5 nitrogen and oxygen atoms in total. The Balaban J connectivity index is 2.82. The zero-order chi connectivity index (χ0) is 14.6. The third-order valence-electron chi connectivity index (χ3n) is 2.51. The highest BCUT2D eigenvalue weighted by Crippen LogP contribution is 2.25. The molecule has 0 aliphatic rings. The second-order valence-corrected chi connectivity index (χ2v) is 6.84. The fourth-order valence-electron chi connectivity index (χ4n) is 1.20. The average Bonchev–Trinajstić information content (AvgIpc) is 2.38. The maximum atomic E-state index is 12.0. The van der Waals surface area contributed by atoms with Crippen molar-refractivity contribution in [2.45, 2.75) is 11.8 Å². The molecule has 0 unspecified atom stereocenters. The van der Waals surface area contributed by atoms with Gasteiger partial charge in [-0.05, 0) is 41.1 Å². The third kappa shape index (κ3) is 4.45. The summed E-state index contributed by atoms with van der Waals surface area (Å²) in [5.41, 5.74) is 0. The molecule has 1 N–H and O–H groups in total. The Hall–Kier alpha value is -0.630. The quantitative estimate of drug-likeness (QED) is 0.861. The van der Waals surface area contributed by atoms with E-state index in [0.29, 0.717) is 16.0 Å². The number of hydrogen-bond donors (Lipinski definition) is 1. The van der Waals surface area contributed by atoms with Crippen LogP contribution in [0.2, 0.25) is 5.02 Å². The summed E-state index contributed by atoms with van der Waals surface area (Å²) in [4.78, 5) is 13.0. The summed E-state index contributed by atoms with van der Waals surface area (Å²) in [7, 11) is -2.12. The van der Waals surface area contributed by atoms with E-state index in [9.17, 15) is 13.2 Å². The van der Waals surface area contributed by atoms with Crippen LogP contribution in [0.4, 0.5) is 0 Å². The number of nitrogens with one attached hydrogen (secondary N) is 1. The molecular formula is C11H14BrClN2O3S. The Morgan fingerprint density at radius 2 is 2.11 bits per heavy atom. The van der Waals surface area contributed by atoms with Crippen molar-refractivity contribution in [1.82, 2.24) is 9.62 Å². The SMILES string of the molecule is CCN(C)C(=O)CNS(=O)(=O)c1ccc(Cl)c(Br)c1. The van der Waals surface area contributed by atoms with Crippen molar-refractivity contribution in [3.63, 3.8) is 0 Å². The molecular weight excluding hydrogens is 356 g/mol. The first-order valence-electron chi connectivity index (χ1n) is 5.46. The van der Waals surface area contributed by atoms with E-state index >= 15 is 0 Å². The predicted molar refractivity (Wildman–Crippen MR) is 77.7 cm³/mol. The molecule has 0 bridgehead atoms. The monoisotopic (exact) mass is 368 g/mol. The Morgan fingerprint density at radius 3 is 2.63 bits per heavy atom. The zero-order valence-corrected chi connectivity index (χ0v) is 13.6. The third-order valence-corrected chi connectivity index (χ3v) is 5.13. The summed E-state index contributed by atoms with van der Waals surface area (Å²) in [6, 6.07) is 4.24. The van der Waals surface area contributed by atoms with E-state index in [-0.39, 0.29) is 17.3 Å². The van der Waals surface area contributed by atoms with Gasteiger partial charge in [0.2, 0.25) is 15.9 Å². The molecule has 0 aliphatic heterocycles. The summed E-state index contributed by atoms with van der Waals surface area (Å²) < 4.78 is 26.7. The molecule has 0 fully saturated rings. The number of nitrogens with zero attached hydrogens (tertiary/aromatic N) is 1. The lowest BCUT2D eigenvalue weighted by Crippen LogP contribution is -2.37. The van der Waals surface area contributed by atoms with Crippen LogP contribution in [0.15, 0.2) is 27.6 Å². The molecule has 1 aromatic carbocycles. The largest absolute Gasteiger partial charge is 0.345 e. The van der Waals surface area contributed by atoms with E-state index in [1.54, 1.807) is 7.05 Å². The van der Waals surface area contributed by atoms with E-state index in [1.807, 2.05) is 6.92 Å². The average molecular weight is 370 g/mol. The van der Waals surface area contributed by atoms with Crippen molar-refractivity contribution < 1.29 is 13.2 Å². The van der Waals surface area contributed by atoms with Crippen LogP contribution in [0.3, 0.4) is 0 Å². The molecule has 0 atom stereocenters. The second-order valence-electron chi connectivity index (χ2n) is 3.81. The first-order valence-corrected chi connectivity index (χ1v) is 8.12. The van der Waals surface area contributed by atoms with Crippen LogP contribution in [0, 0.1) is 0 Å². The standard InChI is InChI=1S/C11H14BrClN2O3S/c1-3-15(2)11(16)7-14-19(17,18)8-4-5-10(13)9(12)6-8/h4-6,14H,3,7H2,1-2H3. The zero-order valence-electron chi connectivity index (χ0n) is 10.5. The summed E-state index contributed by atoms with van der Waals surface area (Å²) in [5.74, 6) is -0.292. The smallest absolute Gasteiger partial charge is 0.241 e. The predicted octanol–water partition coefficient (Wildman–Crippen LogP) is 1.86. The normalized spacial score (nSPS) is 11.4. The first kappa shape index (κ1) is 16.4. The molecule has 0 saturated carbocycles. The molecule has 0 aliphatic carbocycles. The van der Waals surface area contributed by atoms with Crippen molar-refractivity contribution in [3.8, 4) is 0 Å². The van der Waals surface area contributed by atoms with Gasteiger partial charge < -0.3 is 4.90 Å². The molecule has 0 spiro atoms. The lowest BCUT2D eigenvalue weighted by molar-refractivity contribution is -0.128. The maximum Gasteiger partial charge on any atom is 0.241 e. The highest BCUT2D eigenvalue weighted by molar-refractivity contribution is 9.10. The molecule has 1 aromatic rings. The van der Waals surface area contributed by atoms with Gasteiger partial charge in [0, 0.05) is 18.1 Å². The number of hydrogen-bond acceptors (Lipinski definition) is 3. The van der Waals surface area contributed by atoms with Crippen LogP contribution < -0.4 is 4.72 Å². The number of benzene rings is 1. The molecule has 0 aromatic heterocycles. The van der Waals surface area contributed by atoms with Crippen molar-refractivity contribution in [1.29, 1.82) is 0 Å². The second kappa shape index (κ2) is 6.69. The Bertz CT molecular complexity index is 577. The van der Waals surface area contributed by atoms with E-state index in [4.69, 9.17) is 11.6 Å². The van der Waals surface area contributed by atoms with Gasteiger partial charge in [0.05, 0.1) is 16.5 Å².